The van der Waals surface area contributed by atoms with Crippen molar-refractivity contribution in [2.75, 3.05) is 31.1 Å². The molecule has 8 nitrogen and oxygen atoms in total. The molecule has 3 heterocycles. The van der Waals surface area contributed by atoms with Gasteiger partial charge in [-0.2, -0.15) is 5.26 Å². The molecular weight excluding hydrogens is 427 g/mol. The average Bonchev–Trinajstić information content (AvgIpc) is 3.39. The van der Waals surface area contributed by atoms with Gasteiger partial charge in [0.2, 0.25) is 5.43 Å². The molecular formula is C21H22ClFN4O4. The fourth-order valence-electron chi connectivity index (χ4n) is 5.02. The monoisotopic (exact) mass is 448 g/mol. The van der Waals surface area contributed by atoms with Crippen molar-refractivity contribution >= 4 is 35.0 Å². The normalized spacial score (nSPS) is 24.7. The van der Waals surface area contributed by atoms with E-state index in [0.717, 1.165) is 25.3 Å². The zero-order chi connectivity index (χ0) is 21.2. The van der Waals surface area contributed by atoms with Crippen LogP contribution in [0.1, 0.15) is 41.2 Å². The molecule has 3 fully saturated rings. The topological polar surface area (TPSA) is 122 Å². The van der Waals surface area contributed by atoms with E-state index in [0.29, 0.717) is 31.8 Å². The summed E-state index contributed by atoms with van der Waals surface area (Å²) in [5, 5.41) is 19.3. The molecule has 1 unspecified atom stereocenters. The maximum atomic E-state index is 15.3. The van der Waals surface area contributed by atoms with E-state index in [1.807, 2.05) is 0 Å². The Morgan fingerprint density at radius 1 is 1.42 bits per heavy atom. The number of hydrogen-bond donors (Lipinski definition) is 2. The van der Waals surface area contributed by atoms with Crippen LogP contribution in [0.15, 0.2) is 17.1 Å². The number of ether oxygens (including phenoxy) is 1. The van der Waals surface area contributed by atoms with Crippen molar-refractivity contribution in [2.24, 2.45) is 11.7 Å². The Labute approximate surface area is 183 Å². The van der Waals surface area contributed by atoms with Gasteiger partial charge in [-0.1, -0.05) is 0 Å². The van der Waals surface area contributed by atoms with Crippen molar-refractivity contribution in [3.05, 3.63) is 39.4 Å². The number of aromatic nitrogens is 1. The average molecular weight is 449 g/mol. The van der Waals surface area contributed by atoms with Crippen LogP contribution in [-0.4, -0.2) is 47.5 Å². The Bertz CT molecular complexity index is 1190. The van der Waals surface area contributed by atoms with Crippen LogP contribution in [0.4, 0.5) is 10.1 Å². The molecule has 1 aromatic carbocycles. The molecule has 2 aliphatic heterocycles. The molecule has 0 radical (unpaired) electrons. The second kappa shape index (κ2) is 7.48. The quantitative estimate of drug-likeness (QED) is 0.733. The minimum Gasteiger partial charge on any atom is -0.477 e. The summed E-state index contributed by atoms with van der Waals surface area (Å²) in [5.41, 5.74) is 4.70. The summed E-state index contributed by atoms with van der Waals surface area (Å²) < 4.78 is 22.9. The number of hydrogen-bond acceptors (Lipinski definition) is 6. The minimum atomic E-state index is -1.37. The predicted molar refractivity (Wildman–Crippen MR) is 113 cm³/mol. The Morgan fingerprint density at radius 2 is 2.16 bits per heavy atom. The van der Waals surface area contributed by atoms with Crippen molar-refractivity contribution in [1.82, 2.24) is 4.57 Å². The van der Waals surface area contributed by atoms with Gasteiger partial charge in [0.05, 0.1) is 16.6 Å². The number of benzene rings is 1. The Balaban J connectivity index is 0.00000231. The van der Waals surface area contributed by atoms with Crippen LogP contribution in [0.2, 0.25) is 0 Å². The number of halogens is 2. The summed E-state index contributed by atoms with van der Waals surface area (Å²) in [6.45, 7) is 1.79. The third-order valence-electron chi connectivity index (χ3n) is 6.68. The Morgan fingerprint density at radius 3 is 2.74 bits per heavy atom. The molecule has 5 rings (SSSR count). The SMILES string of the molecule is Cl.N#Cc1c(N2C[C@H]3CCOC3(CN)C2)c(F)cc2c(=O)c(C(=O)O)cn(C3CC3)c12. The number of rotatable bonds is 4. The maximum Gasteiger partial charge on any atom is 0.341 e. The van der Waals surface area contributed by atoms with E-state index in [1.165, 1.54) is 6.20 Å². The molecule has 164 valence electrons. The Kier molecular flexibility index (Phi) is 5.20. The minimum absolute atomic E-state index is 0. The Hall–Kier alpha value is -2.67. The first-order valence-corrected chi connectivity index (χ1v) is 10.0. The van der Waals surface area contributed by atoms with Crippen molar-refractivity contribution < 1.29 is 19.0 Å². The summed E-state index contributed by atoms with van der Waals surface area (Å²) in [4.78, 5) is 26.1. The number of carbonyl (C=O) groups is 1. The summed E-state index contributed by atoms with van der Waals surface area (Å²) in [6.07, 6.45) is 3.73. The van der Waals surface area contributed by atoms with Crippen molar-refractivity contribution in [3.63, 3.8) is 0 Å². The van der Waals surface area contributed by atoms with Gasteiger partial charge in [0.1, 0.15) is 28.6 Å². The summed E-state index contributed by atoms with van der Waals surface area (Å²) >= 11 is 0. The van der Waals surface area contributed by atoms with Gasteiger partial charge in [-0.3, -0.25) is 4.79 Å². The predicted octanol–water partition coefficient (Wildman–Crippen LogP) is 2.02. The summed E-state index contributed by atoms with van der Waals surface area (Å²) in [7, 11) is 0. The lowest BCUT2D eigenvalue weighted by molar-refractivity contribution is 0.0126. The molecule has 3 aliphatic rings. The molecule has 10 heteroatoms. The van der Waals surface area contributed by atoms with Crippen LogP contribution in [-0.2, 0) is 4.74 Å². The lowest BCUT2D eigenvalue weighted by Gasteiger charge is -2.27. The maximum absolute atomic E-state index is 15.3. The zero-order valence-electron chi connectivity index (χ0n) is 16.6. The van der Waals surface area contributed by atoms with Gasteiger partial charge < -0.3 is 25.0 Å². The van der Waals surface area contributed by atoms with Crippen LogP contribution >= 0.6 is 12.4 Å². The van der Waals surface area contributed by atoms with E-state index >= 15 is 4.39 Å². The third kappa shape index (κ3) is 3.09. The molecule has 2 saturated heterocycles. The van der Waals surface area contributed by atoms with E-state index in [2.05, 4.69) is 6.07 Å². The van der Waals surface area contributed by atoms with E-state index in [4.69, 9.17) is 10.5 Å². The van der Waals surface area contributed by atoms with Crippen molar-refractivity contribution in [2.45, 2.75) is 30.9 Å². The molecule has 0 bridgehead atoms. The summed E-state index contributed by atoms with van der Waals surface area (Å²) in [6, 6.07) is 3.16. The smallest absolute Gasteiger partial charge is 0.341 e. The third-order valence-corrected chi connectivity index (χ3v) is 6.68. The lowest BCUT2D eigenvalue weighted by Crippen LogP contribution is -2.44. The highest BCUT2D eigenvalue weighted by atomic mass is 35.5. The molecule has 1 aliphatic carbocycles. The molecule has 2 atom stereocenters. The second-order valence-corrected chi connectivity index (χ2v) is 8.39. The highest BCUT2D eigenvalue weighted by molar-refractivity contribution is 5.96. The number of nitrogens with zero attached hydrogens (tertiary/aromatic N) is 3. The summed E-state index contributed by atoms with van der Waals surface area (Å²) in [5.74, 6) is -1.94. The number of carboxylic acids is 1. The number of anilines is 1. The molecule has 2 aromatic rings. The van der Waals surface area contributed by atoms with Gasteiger partial charge in [-0.25, -0.2) is 9.18 Å². The molecule has 0 amide bonds. The van der Waals surface area contributed by atoms with Gasteiger partial charge in [-0.15, -0.1) is 12.4 Å². The fraction of sp³-hybridized carbons (Fsp3) is 0.476. The highest BCUT2D eigenvalue weighted by Gasteiger charge is 2.51. The van der Waals surface area contributed by atoms with E-state index in [9.17, 15) is 20.0 Å². The molecule has 1 saturated carbocycles. The van der Waals surface area contributed by atoms with Crippen molar-refractivity contribution in [3.8, 4) is 6.07 Å². The lowest BCUT2D eigenvalue weighted by atomic mass is 9.91. The van der Waals surface area contributed by atoms with Crippen LogP contribution < -0.4 is 16.1 Å². The standard InChI is InChI=1S/C21H21FN4O4.ClH/c22-16-5-13-17(26(12-1-2-12)8-15(19(13)27)20(28)29)14(6-23)18(16)25-7-11-3-4-30-21(11,9-24)10-25;/h5,8,11-12H,1-4,7,9-10,24H2,(H,28,29);1H/t11-,21?;/m1./s1. The van der Waals surface area contributed by atoms with Gasteiger partial charge in [0.25, 0.3) is 0 Å². The molecule has 3 N–H and O–H groups in total. The number of nitriles is 1. The van der Waals surface area contributed by atoms with Crippen LogP contribution in [0.25, 0.3) is 10.9 Å². The number of fused-ring (bicyclic) bond motifs is 2. The van der Waals surface area contributed by atoms with Gasteiger partial charge >= 0.3 is 5.97 Å². The van der Waals surface area contributed by atoms with Crippen LogP contribution in [0.3, 0.4) is 0 Å². The number of aromatic carboxylic acids is 1. The van der Waals surface area contributed by atoms with Gasteiger partial charge in [-0.05, 0) is 25.3 Å². The number of nitrogens with two attached hydrogens (primary N) is 1. The van der Waals surface area contributed by atoms with Crippen molar-refractivity contribution in [1.29, 1.82) is 5.26 Å². The number of carboxylic acid groups (broad SMARTS) is 1. The van der Waals surface area contributed by atoms with Crippen LogP contribution in [0, 0.1) is 23.1 Å². The van der Waals surface area contributed by atoms with E-state index in [1.54, 1.807) is 9.47 Å². The van der Waals surface area contributed by atoms with E-state index < -0.39 is 28.4 Å². The highest BCUT2D eigenvalue weighted by Crippen LogP contribution is 2.44. The fourth-order valence-corrected chi connectivity index (χ4v) is 5.02. The van der Waals surface area contributed by atoms with Gasteiger partial charge in [0.15, 0.2) is 0 Å². The van der Waals surface area contributed by atoms with Crippen LogP contribution in [0.5, 0.6) is 0 Å². The first-order chi connectivity index (χ1) is 14.4. The first kappa shape index (κ1) is 21.6. The van der Waals surface area contributed by atoms with E-state index in [-0.39, 0.29) is 41.0 Å². The number of pyridine rings is 1. The first-order valence-electron chi connectivity index (χ1n) is 10.0. The second-order valence-electron chi connectivity index (χ2n) is 8.39. The molecule has 1 aromatic heterocycles. The van der Waals surface area contributed by atoms with Gasteiger partial charge in [0, 0.05) is 44.4 Å². The molecule has 31 heavy (non-hydrogen) atoms. The molecule has 0 spiro atoms. The largest absolute Gasteiger partial charge is 0.477 e. The zero-order valence-corrected chi connectivity index (χ0v) is 17.5.